The number of hydrogen-bond acceptors (Lipinski definition) is 2. The number of carboxylic acid groups (broad SMARTS) is 1. The van der Waals surface area contributed by atoms with Crippen LogP contribution in [0.3, 0.4) is 0 Å². The number of carboxylic acids is 1. The summed E-state index contributed by atoms with van der Waals surface area (Å²) in [4.78, 5) is 13.9. The molecule has 3 aliphatic rings. The van der Waals surface area contributed by atoms with E-state index in [9.17, 15) is 4.79 Å². The molecule has 120 valence electrons. The van der Waals surface area contributed by atoms with Gasteiger partial charge in [-0.15, -0.1) is 0 Å². The van der Waals surface area contributed by atoms with Crippen molar-refractivity contribution in [2.75, 3.05) is 0 Å². The molecule has 1 aliphatic carbocycles. The van der Waals surface area contributed by atoms with Gasteiger partial charge in [0, 0.05) is 24.5 Å². The smallest absolute Gasteiger partial charge is 0.303 e. The zero-order valence-electron chi connectivity index (χ0n) is 13.6. The molecule has 0 radical (unpaired) electrons. The van der Waals surface area contributed by atoms with Crippen LogP contribution in [0.5, 0.6) is 0 Å². The van der Waals surface area contributed by atoms with E-state index >= 15 is 0 Å². The Hall–Kier alpha value is -0.570. The van der Waals surface area contributed by atoms with Gasteiger partial charge in [-0.1, -0.05) is 26.7 Å². The minimum atomic E-state index is -0.606. The number of fused-ring (bicyclic) bond motifs is 2. The van der Waals surface area contributed by atoms with Gasteiger partial charge in [-0.2, -0.15) is 0 Å². The summed E-state index contributed by atoms with van der Waals surface area (Å²) in [6.45, 7) is 4.78. The highest BCUT2D eigenvalue weighted by atomic mass is 16.4. The van der Waals surface area contributed by atoms with Gasteiger partial charge in [-0.25, -0.2) is 0 Å². The normalized spacial score (nSPS) is 40.6. The molecule has 4 unspecified atom stereocenters. The van der Waals surface area contributed by atoms with E-state index in [-0.39, 0.29) is 0 Å². The quantitative estimate of drug-likeness (QED) is 0.854. The summed E-state index contributed by atoms with van der Waals surface area (Å²) in [5.74, 6) is 1.47. The first-order valence-electron chi connectivity index (χ1n) is 9.05. The van der Waals surface area contributed by atoms with Gasteiger partial charge >= 0.3 is 5.97 Å². The van der Waals surface area contributed by atoms with Crippen LogP contribution in [0.15, 0.2) is 0 Å². The molecule has 2 aliphatic heterocycles. The van der Waals surface area contributed by atoms with Gasteiger partial charge < -0.3 is 5.11 Å². The molecule has 3 fully saturated rings. The molecule has 3 heteroatoms. The second-order valence-electron chi connectivity index (χ2n) is 8.03. The van der Waals surface area contributed by atoms with Gasteiger partial charge in [-0.3, -0.25) is 9.69 Å². The number of piperidine rings is 1. The summed E-state index contributed by atoms with van der Waals surface area (Å²) in [7, 11) is 0. The van der Waals surface area contributed by atoms with Gasteiger partial charge in [0.1, 0.15) is 0 Å². The minimum absolute atomic E-state index is 0.388. The Morgan fingerprint density at radius 3 is 2.29 bits per heavy atom. The molecule has 0 aromatic heterocycles. The summed E-state index contributed by atoms with van der Waals surface area (Å²) in [6, 6.07) is 2.14. The molecule has 0 amide bonds. The third-order valence-electron chi connectivity index (χ3n) is 6.37. The van der Waals surface area contributed by atoms with E-state index in [1.165, 1.54) is 38.5 Å². The van der Waals surface area contributed by atoms with Gasteiger partial charge in [0.15, 0.2) is 0 Å². The van der Waals surface area contributed by atoms with Crippen molar-refractivity contribution < 1.29 is 9.90 Å². The van der Waals surface area contributed by atoms with Gasteiger partial charge in [0.05, 0.1) is 0 Å². The van der Waals surface area contributed by atoms with Gasteiger partial charge in [0.25, 0.3) is 0 Å². The molecule has 2 bridgehead atoms. The predicted molar refractivity (Wildman–Crippen MR) is 84.2 cm³/mol. The molecule has 3 rings (SSSR count). The molecular formula is C18H31NO2. The minimum Gasteiger partial charge on any atom is -0.481 e. The van der Waals surface area contributed by atoms with Crippen molar-refractivity contribution in [2.24, 2.45) is 17.8 Å². The Labute approximate surface area is 129 Å². The standard InChI is InChI=1S/C18H31NO2/c1-12(2)16-5-3-4-6-17(16)19-14-7-8-15(19)10-13(9-14)11-18(20)21/h12-17H,3-11H2,1-2H3,(H,20,21). The van der Waals surface area contributed by atoms with E-state index in [4.69, 9.17) is 5.11 Å². The fourth-order valence-corrected chi connectivity index (χ4v) is 5.57. The third kappa shape index (κ3) is 3.13. The summed E-state index contributed by atoms with van der Waals surface area (Å²) in [6.07, 6.45) is 10.8. The fourth-order valence-electron chi connectivity index (χ4n) is 5.57. The Morgan fingerprint density at radius 1 is 1.10 bits per heavy atom. The lowest BCUT2D eigenvalue weighted by molar-refractivity contribution is -0.138. The maximum atomic E-state index is 11.0. The first-order chi connectivity index (χ1) is 10.1. The summed E-state index contributed by atoms with van der Waals surface area (Å²) in [5.41, 5.74) is 0. The first-order valence-corrected chi connectivity index (χ1v) is 9.05. The average molecular weight is 293 g/mol. The Balaban J connectivity index is 1.70. The Morgan fingerprint density at radius 2 is 1.71 bits per heavy atom. The number of hydrogen-bond donors (Lipinski definition) is 1. The van der Waals surface area contributed by atoms with Crippen molar-refractivity contribution in [1.29, 1.82) is 0 Å². The van der Waals surface area contributed by atoms with E-state index in [0.717, 1.165) is 30.7 Å². The topological polar surface area (TPSA) is 40.5 Å². The van der Waals surface area contributed by atoms with Gasteiger partial charge in [0.2, 0.25) is 0 Å². The molecule has 21 heavy (non-hydrogen) atoms. The van der Waals surface area contributed by atoms with Crippen LogP contribution in [0.2, 0.25) is 0 Å². The van der Waals surface area contributed by atoms with E-state index in [1.807, 2.05) is 0 Å². The van der Waals surface area contributed by atoms with Crippen LogP contribution in [-0.2, 0) is 4.79 Å². The number of carbonyl (C=O) groups is 1. The van der Waals surface area contributed by atoms with Crippen LogP contribution in [-0.4, -0.2) is 34.1 Å². The van der Waals surface area contributed by atoms with Crippen LogP contribution >= 0.6 is 0 Å². The van der Waals surface area contributed by atoms with Crippen molar-refractivity contribution in [3.8, 4) is 0 Å². The highest BCUT2D eigenvalue weighted by molar-refractivity contribution is 5.67. The maximum Gasteiger partial charge on any atom is 0.303 e. The van der Waals surface area contributed by atoms with Crippen molar-refractivity contribution in [1.82, 2.24) is 4.90 Å². The SMILES string of the molecule is CC(C)C1CCCCC1N1C2CCC1CC(CC(=O)O)C2. The van der Waals surface area contributed by atoms with Gasteiger partial charge in [-0.05, 0) is 56.3 Å². The average Bonchev–Trinajstić information content (AvgIpc) is 2.69. The third-order valence-corrected chi connectivity index (χ3v) is 6.37. The zero-order chi connectivity index (χ0) is 15.0. The van der Waals surface area contributed by atoms with Crippen LogP contribution in [0.1, 0.15) is 71.6 Å². The predicted octanol–water partition coefficient (Wildman–Crippen LogP) is 3.92. The van der Waals surface area contributed by atoms with Crippen molar-refractivity contribution in [3.63, 3.8) is 0 Å². The molecule has 2 saturated heterocycles. The molecule has 2 heterocycles. The summed E-state index contributed by atoms with van der Waals surface area (Å²) in [5, 5.41) is 9.07. The van der Waals surface area contributed by atoms with Crippen LogP contribution in [0.4, 0.5) is 0 Å². The molecule has 1 saturated carbocycles. The largest absolute Gasteiger partial charge is 0.481 e. The Kier molecular flexibility index (Phi) is 4.58. The lowest BCUT2D eigenvalue weighted by atomic mass is 9.75. The second-order valence-corrected chi connectivity index (χ2v) is 8.03. The zero-order valence-corrected chi connectivity index (χ0v) is 13.6. The molecule has 4 atom stereocenters. The monoisotopic (exact) mass is 293 g/mol. The second kappa shape index (κ2) is 6.28. The highest BCUT2D eigenvalue weighted by Gasteiger charge is 2.46. The lowest BCUT2D eigenvalue weighted by Crippen LogP contribution is -2.53. The van der Waals surface area contributed by atoms with Crippen LogP contribution in [0, 0.1) is 17.8 Å². The van der Waals surface area contributed by atoms with Crippen LogP contribution < -0.4 is 0 Å². The summed E-state index contributed by atoms with van der Waals surface area (Å²) >= 11 is 0. The van der Waals surface area contributed by atoms with E-state index in [1.54, 1.807) is 0 Å². The molecular weight excluding hydrogens is 262 g/mol. The Bertz CT molecular complexity index is 367. The van der Waals surface area contributed by atoms with Crippen LogP contribution in [0.25, 0.3) is 0 Å². The van der Waals surface area contributed by atoms with Crippen molar-refractivity contribution >= 4 is 5.97 Å². The molecule has 0 spiro atoms. The fraction of sp³-hybridized carbons (Fsp3) is 0.944. The lowest BCUT2D eigenvalue weighted by Gasteiger charge is -2.49. The van der Waals surface area contributed by atoms with E-state index < -0.39 is 5.97 Å². The molecule has 3 nitrogen and oxygen atoms in total. The van der Waals surface area contributed by atoms with E-state index in [2.05, 4.69) is 18.7 Å². The number of aliphatic carboxylic acids is 1. The summed E-state index contributed by atoms with van der Waals surface area (Å²) < 4.78 is 0. The maximum absolute atomic E-state index is 11.0. The van der Waals surface area contributed by atoms with E-state index in [0.29, 0.717) is 24.4 Å². The van der Waals surface area contributed by atoms with Crippen molar-refractivity contribution in [2.45, 2.75) is 89.8 Å². The molecule has 0 aromatic carbocycles. The van der Waals surface area contributed by atoms with Crippen molar-refractivity contribution in [3.05, 3.63) is 0 Å². The molecule has 1 N–H and O–H groups in total. The number of nitrogens with zero attached hydrogens (tertiary/aromatic N) is 1. The number of rotatable bonds is 4. The first kappa shape index (κ1) is 15.3. The highest BCUT2D eigenvalue weighted by Crippen LogP contribution is 2.45. The molecule has 0 aromatic rings.